The van der Waals surface area contributed by atoms with Gasteiger partial charge in [-0.05, 0) is 6.42 Å². The summed E-state index contributed by atoms with van der Waals surface area (Å²) in [4.78, 5) is 0. The van der Waals surface area contributed by atoms with Gasteiger partial charge >= 0.3 is 0 Å². The van der Waals surface area contributed by atoms with E-state index in [1.807, 2.05) is 6.92 Å². The number of methoxy groups -OCH3 is 1. The van der Waals surface area contributed by atoms with Gasteiger partial charge in [0, 0.05) is 12.9 Å². The molecule has 1 atom stereocenters. The smallest absolute Gasteiger partial charge is 0.152 e. The van der Waals surface area contributed by atoms with Crippen molar-refractivity contribution in [1.82, 2.24) is 0 Å². The average Bonchev–Trinajstić information content (AvgIpc) is 2.11. The molecule has 0 rings (SSSR count). The summed E-state index contributed by atoms with van der Waals surface area (Å²) >= 11 is 1.64. The molecule has 0 saturated carbocycles. The molecule has 0 saturated heterocycles. The molecule has 0 radical (unpaired) electrons. The van der Waals surface area contributed by atoms with Crippen molar-refractivity contribution in [3.05, 3.63) is 0 Å². The molecule has 0 aromatic carbocycles. The van der Waals surface area contributed by atoms with Gasteiger partial charge in [0.05, 0.1) is 11.9 Å². The lowest BCUT2D eigenvalue weighted by Crippen LogP contribution is -2.26. The highest BCUT2D eigenvalue weighted by atomic mass is 32.2. The molecule has 3 N–H and O–H groups in total. The summed E-state index contributed by atoms with van der Waals surface area (Å²) in [5.74, 6) is 1.16. The van der Waals surface area contributed by atoms with E-state index in [0.29, 0.717) is 12.4 Å². The van der Waals surface area contributed by atoms with Crippen molar-refractivity contribution in [2.45, 2.75) is 18.6 Å². The zero-order valence-corrected chi connectivity index (χ0v) is 8.30. The van der Waals surface area contributed by atoms with Crippen LogP contribution in [0.2, 0.25) is 0 Å². The van der Waals surface area contributed by atoms with Crippen LogP contribution < -0.4 is 5.73 Å². The summed E-state index contributed by atoms with van der Waals surface area (Å²) in [5.41, 5.74) is 5.45. The molecule has 0 bridgehead atoms. The van der Waals surface area contributed by atoms with Crippen LogP contribution in [0.1, 0.15) is 13.3 Å². The predicted molar refractivity (Wildman–Crippen MR) is 51.8 cm³/mol. The number of ether oxygens (including phenoxy) is 1. The Morgan fingerprint density at radius 2 is 2.42 bits per heavy atom. The minimum absolute atomic E-state index is 0.102. The minimum Gasteiger partial charge on any atom is -0.409 e. The lowest BCUT2D eigenvalue weighted by atomic mass is 10.3. The molecule has 0 heterocycles. The highest BCUT2D eigenvalue weighted by Gasteiger charge is 2.10. The number of amidine groups is 1. The number of hydrogen-bond donors (Lipinski definition) is 2. The van der Waals surface area contributed by atoms with Gasteiger partial charge in [-0.3, -0.25) is 0 Å². The van der Waals surface area contributed by atoms with E-state index in [-0.39, 0.29) is 5.25 Å². The van der Waals surface area contributed by atoms with E-state index in [4.69, 9.17) is 15.7 Å². The molecule has 0 amide bonds. The Morgan fingerprint density at radius 3 is 2.83 bits per heavy atom. The van der Waals surface area contributed by atoms with E-state index >= 15 is 0 Å². The van der Waals surface area contributed by atoms with Crippen LogP contribution in [0.15, 0.2) is 5.16 Å². The largest absolute Gasteiger partial charge is 0.409 e. The van der Waals surface area contributed by atoms with Crippen molar-refractivity contribution in [2.75, 3.05) is 19.5 Å². The second-order valence-corrected chi connectivity index (χ2v) is 3.60. The Balaban J connectivity index is 3.68. The van der Waals surface area contributed by atoms with Gasteiger partial charge in [0.15, 0.2) is 5.84 Å². The summed E-state index contributed by atoms with van der Waals surface area (Å²) in [5, 5.41) is 11.5. The number of rotatable bonds is 6. The van der Waals surface area contributed by atoms with Crippen LogP contribution in [-0.2, 0) is 4.74 Å². The standard InChI is InChI=1S/C7H16N2O2S/c1-3-6(7(8)9-10)12-5-4-11-2/h6,10H,3-5H2,1-2H3,(H2,8,9). The zero-order valence-electron chi connectivity index (χ0n) is 7.49. The summed E-state index contributed by atoms with van der Waals surface area (Å²) in [6, 6.07) is 0. The fraction of sp³-hybridized carbons (Fsp3) is 0.857. The number of thioether (sulfide) groups is 1. The summed E-state index contributed by atoms with van der Waals surface area (Å²) in [7, 11) is 1.66. The Labute approximate surface area is 77.1 Å². The second-order valence-electron chi connectivity index (χ2n) is 2.29. The van der Waals surface area contributed by atoms with Crippen LogP contribution in [0.4, 0.5) is 0 Å². The Morgan fingerprint density at radius 1 is 1.75 bits per heavy atom. The van der Waals surface area contributed by atoms with E-state index in [9.17, 15) is 0 Å². The van der Waals surface area contributed by atoms with E-state index in [2.05, 4.69) is 5.16 Å². The number of oxime groups is 1. The third kappa shape index (κ3) is 4.46. The third-order valence-corrected chi connectivity index (χ3v) is 2.80. The predicted octanol–water partition coefficient (Wildman–Crippen LogP) is 0.891. The van der Waals surface area contributed by atoms with Crippen LogP contribution in [0.5, 0.6) is 0 Å². The zero-order chi connectivity index (χ0) is 9.40. The van der Waals surface area contributed by atoms with Crippen molar-refractivity contribution in [2.24, 2.45) is 10.9 Å². The maximum atomic E-state index is 8.41. The number of nitrogens with two attached hydrogens (primary N) is 1. The highest BCUT2D eigenvalue weighted by molar-refractivity contribution is 8.00. The highest BCUT2D eigenvalue weighted by Crippen LogP contribution is 2.13. The topological polar surface area (TPSA) is 67.8 Å². The van der Waals surface area contributed by atoms with Crippen LogP contribution in [0.3, 0.4) is 0 Å². The summed E-state index contributed by atoms with van der Waals surface area (Å²) in [6.45, 7) is 2.70. The van der Waals surface area contributed by atoms with Crippen molar-refractivity contribution in [3.8, 4) is 0 Å². The van der Waals surface area contributed by atoms with E-state index in [1.165, 1.54) is 0 Å². The van der Waals surface area contributed by atoms with Gasteiger partial charge in [-0.1, -0.05) is 12.1 Å². The molecular formula is C7H16N2O2S. The molecule has 0 aromatic heterocycles. The first-order valence-electron chi connectivity index (χ1n) is 3.84. The molecule has 0 aliphatic rings. The number of nitrogens with zero attached hydrogens (tertiary/aromatic N) is 1. The Hall–Kier alpha value is -0.420. The molecule has 0 fully saturated rings. The molecule has 72 valence electrons. The van der Waals surface area contributed by atoms with Crippen LogP contribution in [-0.4, -0.2) is 35.8 Å². The molecule has 0 aromatic rings. The van der Waals surface area contributed by atoms with Crippen molar-refractivity contribution < 1.29 is 9.94 Å². The van der Waals surface area contributed by atoms with Gasteiger partial charge in [0.2, 0.25) is 0 Å². The summed E-state index contributed by atoms with van der Waals surface area (Å²) in [6.07, 6.45) is 0.865. The fourth-order valence-electron chi connectivity index (χ4n) is 0.750. The Bertz CT molecular complexity index is 141. The van der Waals surface area contributed by atoms with E-state index < -0.39 is 0 Å². The number of hydrogen-bond acceptors (Lipinski definition) is 4. The molecule has 0 aliphatic heterocycles. The maximum Gasteiger partial charge on any atom is 0.152 e. The molecule has 0 aliphatic carbocycles. The van der Waals surface area contributed by atoms with Crippen molar-refractivity contribution in [1.29, 1.82) is 0 Å². The van der Waals surface area contributed by atoms with Gasteiger partial charge in [0.1, 0.15) is 0 Å². The molecule has 12 heavy (non-hydrogen) atoms. The third-order valence-electron chi connectivity index (χ3n) is 1.42. The quantitative estimate of drug-likeness (QED) is 0.216. The summed E-state index contributed by atoms with van der Waals surface area (Å²) < 4.78 is 4.89. The molecule has 1 unspecified atom stereocenters. The monoisotopic (exact) mass is 192 g/mol. The minimum atomic E-state index is 0.102. The molecular weight excluding hydrogens is 176 g/mol. The maximum absolute atomic E-state index is 8.41. The van der Waals surface area contributed by atoms with Gasteiger partial charge in [0.25, 0.3) is 0 Å². The molecule has 4 nitrogen and oxygen atoms in total. The van der Waals surface area contributed by atoms with Gasteiger partial charge < -0.3 is 15.7 Å². The van der Waals surface area contributed by atoms with Crippen LogP contribution in [0, 0.1) is 0 Å². The lowest BCUT2D eigenvalue weighted by molar-refractivity contribution is 0.218. The first kappa shape index (κ1) is 11.6. The van der Waals surface area contributed by atoms with E-state index in [0.717, 1.165) is 12.2 Å². The van der Waals surface area contributed by atoms with Crippen molar-refractivity contribution in [3.63, 3.8) is 0 Å². The van der Waals surface area contributed by atoms with Gasteiger partial charge in [-0.25, -0.2) is 0 Å². The lowest BCUT2D eigenvalue weighted by Gasteiger charge is -2.11. The van der Waals surface area contributed by atoms with Gasteiger partial charge in [-0.2, -0.15) is 0 Å². The van der Waals surface area contributed by atoms with Gasteiger partial charge in [-0.15, -0.1) is 11.8 Å². The molecule has 0 spiro atoms. The van der Waals surface area contributed by atoms with Crippen LogP contribution in [0.25, 0.3) is 0 Å². The average molecular weight is 192 g/mol. The van der Waals surface area contributed by atoms with Crippen molar-refractivity contribution >= 4 is 17.6 Å². The molecule has 5 heteroatoms. The fourth-order valence-corrected chi connectivity index (χ4v) is 1.75. The second kappa shape index (κ2) is 7.24. The van der Waals surface area contributed by atoms with E-state index in [1.54, 1.807) is 18.9 Å². The first-order valence-corrected chi connectivity index (χ1v) is 4.89. The first-order chi connectivity index (χ1) is 5.76. The SMILES string of the molecule is CCC(SCCOC)C(N)=NO. The van der Waals surface area contributed by atoms with Crippen LogP contribution >= 0.6 is 11.8 Å². The Kier molecular flexibility index (Phi) is 6.99. The normalized spacial score (nSPS) is 14.7.